The highest BCUT2D eigenvalue weighted by Crippen LogP contribution is 2.41. The van der Waals surface area contributed by atoms with Crippen LogP contribution in [0, 0.1) is 0 Å². The highest BCUT2D eigenvalue weighted by molar-refractivity contribution is 6.42. The summed E-state index contributed by atoms with van der Waals surface area (Å²) in [5.41, 5.74) is 7.20. The van der Waals surface area contributed by atoms with Gasteiger partial charge in [-0.3, -0.25) is 14.7 Å². The maximum atomic E-state index is 12.9. The molecule has 1 aromatic heterocycles. The van der Waals surface area contributed by atoms with Crippen LogP contribution in [0.5, 0.6) is 11.5 Å². The molecule has 0 spiro atoms. The molecule has 4 aromatic carbocycles. The zero-order valence-corrected chi connectivity index (χ0v) is 28.9. The van der Waals surface area contributed by atoms with E-state index in [0.29, 0.717) is 29.6 Å². The minimum absolute atomic E-state index is 0.146. The normalized spacial score (nSPS) is 18.0. The average molecular weight is 695 g/mol. The van der Waals surface area contributed by atoms with E-state index < -0.39 is 0 Å². The zero-order chi connectivity index (χ0) is 33.9. The Balaban J connectivity index is 1.12. The topological polar surface area (TPSA) is 64.1 Å². The number of hydrogen-bond acceptors (Lipinski definition) is 7. The van der Waals surface area contributed by atoms with Gasteiger partial charge in [0.15, 0.2) is 0 Å². The maximum absolute atomic E-state index is 12.9. The molecule has 49 heavy (non-hydrogen) atoms. The third-order valence-electron chi connectivity index (χ3n) is 9.33. The Labute approximate surface area is 297 Å². The number of esters is 1. The van der Waals surface area contributed by atoms with Gasteiger partial charge in [-0.2, -0.15) is 0 Å². The lowest BCUT2D eigenvalue weighted by atomic mass is 9.92. The van der Waals surface area contributed by atoms with Gasteiger partial charge >= 0.3 is 5.97 Å². The van der Waals surface area contributed by atoms with Crippen molar-refractivity contribution in [1.29, 1.82) is 0 Å². The molecule has 5 aromatic rings. The van der Waals surface area contributed by atoms with Crippen molar-refractivity contribution in [3.05, 3.63) is 153 Å². The molecule has 0 saturated carbocycles. The molecule has 250 valence electrons. The first-order chi connectivity index (χ1) is 23.9. The summed E-state index contributed by atoms with van der Waals surface area (Å²) in [6.45, 7) is 1.95. The molecular formula is C40H37Cl2N3O4. The summed E-state index contributed by atoms with van der Waals surface area (Å²) in [4.78, 5) is 21.8. The number of halogens is 2. The molecular weight excluding hydrogens is 657 g/mol. The van der Waals surface area contributed by atoms with Crippen molar-refractivity contribution in [2.24, 2.45) is 0 Å². The number of methoxy groups -OCH3 is 1. The second-order valence-electron chi connectivity index (χ2n) is 12.5. The molecule has 7 nitrogen and oxygen atoms in total. The van der Waals surface area contributed by atoms with Gasteiger partial charge in [0.05, 0.1) is 28.5 Å². The van der Waals surface area contributed by atoms with Crippen molar-refractivity contribution in [1.82, 2.24) is 9.88 Å². The Morgan fingerprint density at radius 1 is 0.918 bits per heavy atom. The lowest BCUT2D eigenvalue weighted by Crippen LogP contribution is -2.45. The third kappa shape index (κ3) is 7.25. The molecule has 0 radical (unpaired) electrons. The number of benzene rings is 4. The molecule has 2 aliphatic heterocycles. The number of anilines is 1. The Morgan fingerprint density at radius 3 is 2.45 bits per heavy atom. The molecule has 0 aliphatic carbocycles. The molecule has 2 unspecified atom stereocenters. The maximum Gasteiger partial charge on any atom is 0.323 e. The van der Waals surface area contributed by atoms with E-state index in [9.17, 15) is 4.79 Å². The van der Waals surface area contributed by atoms with Gasteiger partial charge in [0.25, 0.3) is 0 Å². The van der Waals surface area contributed by atoms with Crippen LogP contribution in [0.15, 0.2) is 109 Å². The van der Waals surface area contributed by atoms with E-state index in [1.807, 2.05) is 72.8 Å². The lowest BCUT2D eigenvalue weighted by molar-refractivity contribution is -0.148. The smallest absolute Gasteiger partial charge is 0.323 e. The van der Waals surface area contributed by atoms with E-state index in [4.69, 9.17) is 37.4 Å². The molecule has 2 aliphatic rings. The molecule has 0 bridgehead atoms. The predicted molar refractivity (Wildman–Crippen MR) is 193 cm³/mol. The number of carbonyl (C=O) groups is 1. The van der Waals surface area contributed by atoms with Crippen molar-refractivity contribution in [2.45, 2.75) is 44.2 Å². The summed E-state index contributed by atoms with van der Waals surface area (Å²) in [5.74, 6) is 1.33. The number of carbonyl (C=O) groups excluding carboxylic acids is 1. The predicted octanol–water partition coefficient (Wildman–Crippen LogP) is 8.62. The van der Waals surface area contributed by atoms with E-state index in [1.54, 1.807) is 12.3 Å². The monoisotopic (exact) mass is 693 g/mol. The van der Waals surface area contributed by atoms with Gasteiger partial charge in [-0.15, -0.1) is 0 Å². The van der Waals surface area contributed by atoms with Gasteiger partial charge in [-0.1, -0.05) is 77.8 Å². The second-order valence-corrected chi connectivity index (χ2v) is 13.3. The minimum atomic E-state index is -0.388. The fourth-order valence-electron chi connectivity index (χ4n) is 6.69. The highest BCUT2D eigenvalue weighted by atomic mass is 35.5. The number of fused-ring (bicyclic) bond motifs is 2. The van der Waals surface area contributed by atoms with E-state index in [0.717, 1.165) is 63.7 Å². The fourth-order valence-corrected chi connectivity index (χ4v) is 7.00. The number of hydrogen-bond donors (Lipinski definition) is 0. The number of ether oxygens (including phenoxy) is 3. The quantitative estimate of drug-likeness (QED) is 0.151. The van der Waals surface area contributed by atoms with E-state index in [-0.39, 0.29) is 24.2 Å². The standard InChI is InChI=1S/C40H37Cl2N3O4/c1-44-19-17-37(26-11-14-32(15-12-26)48-39(27-8-4-3-5-9-27)28-13-16-33(41)34(42)20-28)49-38-23-30-24-45(25-31-10-6-7-18-43-31)36(40(46)47-2)22-29(30)21-35(38)44/h3-16,18,20-21,23,36-37,39H,17,19,22,24-25H2,1-2H3/t36-,37?,39?/m0/s1. The van der Waals surface area contributed by atoms with Gasteiger partial charge in [-0.25, -0.2) is 0 Å². The van der Waals surface area contributed by atoms with Gasteiger partial charge < -0.3 is 19.1 Å². The minimum Gasteiger partial charge on any atom is -0.483 e. The zero-order valence-electron chi connectivity index (χ0n) is 27.4. The summed E-state index contributed by atoms with van der Waals surface area (Å²) >= 11 is 12.6. The molecule has 9 heteroatoms. The molecule has 0 amide bonds. The molecule has 3 heterocycles. The van der Waals surface area contributed by atoms with E-state index in [2.05, 4.69) is 46.1 Å². The Morgan fingerprint density at radius 2 is 1.71 bits per heavy atom. The number of aromatic nitrogens is 1. The largest absolute Gasteiger partial charge is 0.483 e. The van der Waals surface area contributed by atoms with Crippen molar-refractivity contribution in [3.63, 3.8) is 0 Å². The summed E-state index contributed by atoms with van der Waals surface area (Å²) < 4.78 is 18.6. The first kappa shape index (κ1) is 33.0. The van der Waals surface area contributed by atoms with Crippen LogP contribution in [0.25, 0.3) is 0 Å². The van der Waals surface area contributed by atoms with Crippen LogP contribution in [0.3, 0.4) is 0 Å². The first-order valence-corrected chi connectivity index (χ1v) is 17.1. The first-order valence-electron chi connectivity index (χ1n) is 16.4. The highest BCUT2D eigenvalue weighted by Gasteiger charge is 2.34. The van der Waals surface area contributed by atoms with Crippen molar-refractivity contribution in [2.75, 3.05) is 25.6 Å². The molecule has 7 rings (SSSR count). The van der Waals surface area contributed by atoms with Crippen molar-refractivity contribution in [3.8, 4) is 11.5 Å². The number of pyridine rings is 1. The Kier molecular flexibility index (Phi) is 9.76. The average Bonchev–Trinajstić information content (AvgIpc) is 3.29. The van der Waals surface area contributed by atoms with Crippen LogP contribution in [-0.4, -0.2) is 42.6 Å². The van der Waals surface area contributed by atoms with E-state index in [1.165, 1.54) is 7.11 Å². The number of nitrogens with zero attached hydrogens (tertiary/aromatic N) is 3. The molecule has 0 fully saturated rings. The van der Waals surface area contributed by atoms with Crippen LogP contribution in [0.1, 0.15) is 52.1 Å². The fraction of sp³-hybridized carbons (Fsp3) is 0.250. The van der Waals surface area contributed by atoms with Gasteiger partial charge in [0.1, 0.15) is 29.7 Å². The SMILES string of the molecule is COC(=O)[C@@H]1Cc2cc3c(cc2CN1Cc1ccccn1)OC(c1ccc(OC(c2ccccc2)c2ccc(Cl)c(Cl)c2)cc1)CCN3C. The van der Waals surface area contributed by atoms with Gasteiger partial charge in [-0.05, 0) is 82.8 Å². The Bertz CT molecular complexity index is 1920. The van der Waals surface area contributed by atoms with Crippen molar-refractivity contribution >= 4 is 34.9 Å². The molecule has 3 atom stereocenters. The summed E-state index contributed by atoms with van der Waals surface area (Å²) in [5, 5.41) is 0.991. The van der Waals surface area contributed by atoms with E-state index >= 15 is 0 Å². The van der Waals surface area contributed by atoms with Crippen LogP contribution in [-0.2, 0) is 29.0 Å². The Hall–Kier alpha value is -4.56. The van der Waals surface area contributed by atoms with Crippen LogP contribution >= 0.6 is 23.2 Å². The second kappa shape index (κ2) is 14.5. The van der Waals surface area contributed by atoms with Crippen LogP contribution < -0.4 is 14.4 Å². The van der Waals surface area contributed by atoms with Crippen LogP contribution in [0.4, 0.5) is 5.69 Å². The van der Waals surface area contributed by atoms with Crippen LogP contribution in [0.2, 0.25) is 10.0 Å². The van der Waals surface area contributed by atoms with Crippen molar-refractivity contribution < 1.29 is 19.0 Å². The summed E-state index contributed by atoms with van der Waals surface area (Å²) in [6.07, 6.45) is 2.64. The summed E-state index contributed by atoms with van der Waals surface area (Å²) in [7, 11) is 3.54. The summed E-state index contributed by atoms with van der Waals surface area (Å²) in [6, 6.07) is 33.6. The third-order valence-corrected chi connectivity index (χ3v) is 10.1. The van der Waals surface area contributed by atoms with Gasteiger partial charge in [0, 0.05) is 39.3 Å². The van der Waals surface area contributed by atoms with Gasteiger partial charge in [0.2, 0.25) is 0 Å². The molecule has 0 N–H and O–H groups in total. The number of rotatable bonds is 8. The molecule has 0 saturated heterocycles. The lowest BCUT2D eigenvalue weighted by Gasteiger charge is -2.35.